The molecule has 0 bridgehead atoms. The molecule has 2 aromatic carbocycles. The molecule has 0 saturated heterocycles. The first-order chi connectivity index (χ1) is 15.2. The largest absolute Gasteiger partial charge is 0.497 e. The van der Waals surface area contributed by atoms with Gasteiger partial charge >= 0.3 is 5.97 Å². The predicted octanol–water partition coefficient (Wildman–Crippen LogP) is 2.10. The van der Waals surface area contributed by atoms with E-state index in [9.17, 15) is 18.0 Å². The topological polar surface area (TPSA) is 126 Å². The Morgan fingerprint density at radius 2 is 1.72 bits per heavy atom. The number of nitrogens with zero attached hydrogens (tertiary/aromatic N) is 2. The molecule has 0 heterocycles. The summed E-state index contributed by atoms with van der Waals surface area (Å²) in [6, 6.07) is 14.9. The summed E-state index contributed by atoms with van der Waals surface area (Å²) < 4.78 is 37.9. The van der Waals surface area contributed by atoms with E-state index in [-0.39, 0.29) is 11.4 Å². The van der Waals surface area contributed by atoms with Crippen molar-refractivity contribution < 1.29 is 27.5 Å². The molecule has 1 N–H and O–H groups in total. The standard InChI is InChI=1S/C22H25N3O6S/c1-16(2)21(24-32(28,29)19-11-9-18(30-3)10-12-19)22(27)31-15-20(26)25(14-13-23)17-7-5-4-6-8-17/h4-12,16,21,24H,14-15H2,1-3H3/t21-/m0/s1. The van der Waals surface area contributed by atoms with Gasteiger partial charge in [0.25, 0.3) is 5.91 Å². The van der Waals surface area contributed by atoms with Crippen molar-refractivity contribution >= 4 is 27.6 Å². The van der Waals surface area contributed by atoms with E-state index < -0.39 is 40.5 Å². The lowest BCUT2D eigenvalue weighted by atomic mass is 10.1. The molecule has 9 nitrogen and oxygen atoms in total. The van der Waals surface area contributed by atoms with E-state index in [0.717, 1.165) is 0 Å². The molecule has 0 fully saturated rings. The second-order valence-electron chi connectivity index (χ2n) is 7.10. The number of nitrogens with one attached hydrogen (secondary N) is 1. The van der Waals surface area contributed by atoms with Crippen LogP contribution in [0.3, 0.4) is 0 Å². The van der Waals surface area contributed by atoms with Crippen LogP contribution in [0.25, 0.3) is 0 Å². The fourth-order valence-corrected chi connectivity index (χ4v) is 4.08. The number of sulfonamides is 1. The molecule has 0 aliphatic heterocycles. The van der Waals surface area contributed by atoms with Gasteiger partial charge in [0.1, 0.15) is 18.3 Å². The number of hydrogen-bond donors (Lipinski definition) is 1. The minimum Gasteiger partial charge on any atom is -0.497 e. The third-order valence-corrected chi connectivity index (χ3v) is 5.97. The van der Waals surface area contributed by atoms with Crippen LogP contribution in [-0.2, 0) is 24.3 Å². The van der Waals surface area contributed by atoms with Gasteiger partial charge in [-0.2, -0.15) is 9.98 Å². The van der Waals surface area contributed by atoms with Crippen molar-refractivity contribution in [3.8, 4) is 11.8 Å². The third-order valence-electron chi connectivity index (χ3n) is 4.51. The van der Waals surface area contributed by atoms with Gasteiger partial charge in [0.15, 0.2) is 6.61 Å². The van der Waals surface area contributed by atoms with Crippen molar-refractivity contribution in [2.75, 3.05) is 25.2 Å². The Hall–Kier alpha value is -3.42. The van der Waals surface area contributed by atoms with Crippen LogP contribution >= 0.6 is 0 Å². The summed E-state index contributed by atoms with van der Waals surface area (Å²) in [5.74, 6) is -1.46. The Morgan fingerprint density at radius 3 is 2.25 bits per heavy atom. The molecule has 10 heteroatoms. The summed E-state index contributed by atoms with van der Waals surface area (Å²) in [5.41, 5.74) is 0.482. The van der Waals surface area contributed by atoms with Crippen LogP contribution in [0.15, 0.2) is 59.5 Å². The average molecular weight is 460 g/mol. The summed E-state index contributed by atoms with van der Waals surface area (Å²) in [6.07, 6.45) is 0. The molecule has 0 aliphatic carbocycles. The van der Waals surface area contributed by atoms with E-state index in [4.69, 9.17) is 14.7 Å². The van der Waals surface area contributed by atoms with E-state index in [0.29, 0.717) is 11.4 Å². The molecule has 0 saturated carbocycles. The molecule has 0 unspecified atom stereocenters. The summed E-state index contributed by atoms with van der Waals surface area (Å²) in [7, 11) is -2.56. The van der Waals surface area contributed by atoms with Gasteiger partial charge in [-0.1, -0.05) is 32.0 Å². The second kappa shape index (κ2) is 11.3. The lowest BCUT2D eigenvalue weighted by molar-refractivity contribution is -0.150. The summed E-state index contributed by atoms with van der Waals surface area (Å²) in [6.45, 7) is 2.44. The van der Waals surface area contributed by atoms with Gasteiger partial charge in [0.2, 0.25) is 10.0 Å². The number of esters is 1. The molecule has 0 radical (unpaired) electrons. The number of amides is 1. The van der Waals surface area contributed by atoms with E-state index in [2.05, 4.69) is 4.72 Å². The number of carbonyl (C=O) groups excluding carboxylic acids is 2. The monoisotopic (exact) mass is 459 g/mol. The van der Waals surface area contributed by atoms with Crippen molar-refractivity contribution in [2.24, 2.45) is 5.92 Å². The van der Waals surface area contributed by atoms with Crippen molar-refractivity contribution in [2.45, 2.75) is 24.8 Å². The lowest BCUT2D eigenvalue weighted by Crippen LogP contribution is -2.46. The summed E-state index contributed by atoms with van der Waals surface area (Å²) >= 11 is 0. The van der Waals surface area contributed by atoms with Crippen LogP contribution < -0.4 is 14.4 Å². The average Bonchev–Trinajstić information content (AvgIpc) is 2.79. The molecule has 0 spiro atoms. The number of para-hydroxylation sites is 1. The maximum absolute atomic E-state index is 12.7. The Kier molecular flexibility index (Phi) is 8.75. The zero-order valence-corrected chi connectivity index (χ0v) is 18.8. The number of nitriles is 1. The normalized spacial score (nSPS) is 12.0. The van der Waals surface area contributed by atoms with E-state index >= 15 is 0 Å². The number of anilines is 1. The van der Waals surface area contributed by atoms with E-state index in [1.165, 1.54) is 36.3 Å². The minimum atomic E-state index is -4.03. The van der Waals surface area contributed by atoms with Gasteiger partial charge in [0, 0.05) is 5.69 Å². The van der Waals surface area contributed by atoms with Crippen LogP contribution in [0.2, 0.25) is 0 Å². The molecular formula is C22H25N3O6S. The highest BCUT2D eigenvalue weighted by molar-refractivity contribution is 7.89. The number of methoxy groups -OCH3 is 1. The van der Waals surface area contributed by atoms with Gasteiger partial charge in [-0.3, -0.25) is 14.5 Å². The number of hydrogen-bond acceptors (Lipinski definition) is 7. The first kappa shape index (κ1) is 24.8. The quantitative estimate of drug-likeness (QED) is 0.426. The van der Waals surface area contributed by atoms with Gasteiger partial charge in [-0.05, 0) is 42.3 Å². The molecule has 2 rings (SSSR count). The van der Waals surface area contributed by atoms with Crippen molar-refractivity contribution in [3.05, 3.63) is 54.6 Å². The highest BCUT2D eigenvalue weighted by Gasteiger charge is 2.30. The van der Waals surface area contributed by atoms with Crippen LogP contribution in [-0.4, -0.2) is 46.6 Å². The van der Waals surface area contributed by atoms with Crippen LogP contribution in [0.4, 0.5) is 5.69 Å². The summed E-state index contributed by atoms with van der Waals surface area (Å²) in [5, 5.41) is 9.02. The molecule has 0 aliphatic rings. The lowest BCUT2D eigenvalue weighted by Gasteiger charge is -2.23. The zero-order valence-electron chi connectivity index (χ0n) is 18.0. The summed E-state index contributed by atoms with van der Waals surface area (Å²) in [4.78, 5) is 26.3. The molecule has 32 heavy (non-hydrogen) atoms. The van der Waals surface area contributed by atoms with Crippen molar-refractivity contribution in [3.63, 3.8) is 0 Å². The van der Waals surface area contributed by atoms with Crippen LogP contribution in [0.1, 0.15) is 13.8 Å². The first-order valence-corrected chi connectivity index (χ1v) is 11.2. The smallest absolute Gasteiger partial charge is 0.324 e. The van der Waals surface area contributed by atoms with E-state index in [1.54, 1.807) is 44.2 Å². The molecular weight excluding hydrogens is 434 g/mol. The van der Waals surface area contributed by atoms with E-state index in [1.807, 2.05) is 6.07 Å². The Balaban J connectivity index is 2.09. The second-order valence-corrected chi connectivity index (χ2v) is 8.81. The Morgan fingerprint density at radius 1 is 1.09 bits per heavy atom. The highest BCUT2D eigenvalue weighted by atomic mass is 32.2. The van der Waals surface area contributed by atoms with Crippen LogP contribution in [0, 0.1) is 17.2 Å². The molecule has 1 amide bonds. The molecule has 2 aromatic rings. The zero-order chi connectivity index (χ0) is 23.7. The fraction of sp³-hybridized carbons (Fsp3) is 0.318. The minimum absolute atomic E-state index is 0.0444. The molecule has 0 aromatic heterocycles. The predicted molar refractivity (Wildman–Crippen MR) is 117 cm³/mol. The van der Waals surface area contributed by atoms with Crippen molar-refractivity contribution in [1.29, 1.82) is 5.26 Å². The Labute approximate surface area is 187 Å². The maximum Gasteiger partial charge on any atom is 0.324 e. The maximum atomic E-state index is 12.7. The van der Waals surface area contributed by atoms with Gasteiger partial charge in [-0.15, -0.1) is 0 Å². The number of benzene rings is 2. The third kappa shape index (κ3) is 6.54. The number of rotatable bonds is 10. The highest BCUT2D eigenvalue weighted by Crippen LogP contribution is 2.18. The van der Waals surface area contributed by atoms with Gasteiger partial charge in [0.05, 0.1) is 18.1 Å². The van der Waals surface area contributed by atoms with Crippen molar-refractivity contribution in [1.82, 2.24) is 4.72 Å². The number of carbonyl (C=O) groups is 2. The fourth-order valence-electron chi connectivity index (χ4n) is 2.75. The molecule has 1 atom stereocenters. The Bertz CT molecular complexity index is 1060. The number of ether oxygens (including phenoxy) is 2. The molecule has 170 valence electrons. The van der Waals surface area contributed by atoms with Crippen LogP contribution in [0.5, 0.6) is 5.75 Å². The SMILES string of the molecule is COc1ccc(S(=O)(=O)N[C@H](C(=O)OCC(=O)N(CC#N)c2ccccc2)C(C)C)cc1. The van der Waals surface area contributed by atoms with Gasteiger partial charge in [-0.25, -0.2) is 8.42 Å². The first-order valence-electron chi connectivity index (χ1n) is 9.75. The van der Waals surface area contributed by atoms with Gasteiger partial charge < -0.3 is 9.47 Å².